The van der Waals surface area contributed by atoms with Gasteiger partial charge in [-0.2, -0.15) is 0 Å². The van der Waals surface area contributed by atoms with Crippen molar-refractivity contribution in [2.45, 2.75) is 25.7 Å². The van der Waals surface area contributed by atoms with E-state index in [1.807, 2.05) is 28.6 Å². The second-order valence-corrected chi connectivity index (χ2v) is 7.93. The molecule has 1 amide bonds. The number of hydrogen-bond acceptors (Lipinski definition) is 4. The topological polar surface area (TPSA) is 46.1 Å². The number of hydrogen-bond donors (Lipinski definition) is 0. The maximum atomic E-state index is 12.7. The number of benzene rings is 1. The van der Waals surface area contributed by atoms with Gasteiger partial charge in [-0.1, -0.05) is 30.3 Å². The predicted octanol–water partition coefficient (Wildman–Crippen LogP) is 4.23. The first-order valence-electron chi connectivity index (χ1n) is 9.44. The molecule has 27 heavy (non-hydrogen) atoms. The van der Waals surface area contributed by atoms with E-state index in [9.17, 15) is 4.79 Å². The molecule has 5 heteroatoms. The van der Waals surface area contributed by atoms with Gasteiger partial charge in [0.15, 0.2) is 0 Å². The van der Waals surface area contributed by atoms with E-state index in [0.717, 1.165) is 48.6 Å². The Morgan fingerprint density at radius 3 is 2.67 bits per heavy atom. The van der Waals surface area contributed by atoms with E-state index in [2.05, 4.69) is 40.3 Å². The van der Waals surface area contributed by atoms with Crippen LogP contribution in [0.1, 0.15) is 24.1 Å². The summed E-state index contributed by atoms with van der Waals surface area (Å²) in [5.74, 6) is 0.865. The van der Waals surface area contributed by atoms with Crippen LogP contribution in [0.15, 0.2) is 60.2 Å². The molecule has 1 aromatic carbocycles. The molecule has 4 rings (SSSR count). The minimum Gasteiger partial charge on any atom is -0.342 e. The van der Waals surface area contributed by atoms with Crippen LogP contribution < -0.4 is 0 Å². The molecule has 138 valence electrons. The van der Waals surface area contributed by atoms with E-state index in [4.69, 9.17) is 0 Å². The van der Waals surface area contributed by atoms with Crippen LogP contribution >= 0.6 is 11.3 Å². The third-order valence-electron chi connectivity index (χ3n) is 5.13. The molecule has 1 fully saturated rings. The van der Waals surface area contributed by atoms with Crippen LogP contribution in [0.4, 0.5) is 0 Å². The summed E-state index contributed by atoms with van der Waals surface area (Å²) in [5.41, 5.74) is 3.26. The van der Waals surface area contributed by atoms with Crippen LogP contribution in [0.5, 0.6) is 0 Å². The molecule has 4 nitrogen and oxygen atoms in total. The molecular formula is C22H23N3OS. The highest BCUT2D eigenvalue weighted by Gasteiger charge is 2.23. The number of rotatable bonds is 5. The van der Waals surface area contributed by atoms with Crippen molar-refractivity contribution >= 4 is 17.2 Å². The van der Waals surface area contributed by atoms with Gasteiger partial charge in [-0.05, 0) is 42.9 Å². The van der Waals surface area contributed by atoms with Crippen molar-refractivity contribution < 1.29 is 4.79 Å². The van der Waals surface area contributed by atoms with Crippen LogP contribution in [-0.2, 0) is 17.6 Å². The van der Waals surface area contributed by atoms with Gasteiger partial charge in [0.2, 0.25) is 5.91 Å². The first-order valence-corrected chi connectivity index (χ1v) is 10.3. The molecule has 0 saturated carbocycles. The zero-order chi connectivity index (χ0) is 18.5. The molecule has 3 heterocycles. The highest BCUT2D eigenvalue weighted by molar-refractivity contribution is 7.13. The van der Waals surface area contributed by atoms with Gasteiger partial charge in [0.05, 0.1) is 12.1 Å². The molecular weight excluding hydrogens is 354 g/mol. The third-order valence-corrected chi connectivity index (χ3v) is 6.07. The zero-order valence-electron chi connectivity index (χ0n) is 15.3. The van der Waals surface area contributed by atoms with Crippen molar-refractivity contribution in [3.63, 3.8) is 0 Å². The maximum Gasteiger partial charge on any atom is 0.228 e. The average molecular weight is 378 g/mol. The lowest BCUT2D eigenvalue weighted by Gasteiger charge is -2.32. The van der Waals surface area contributed by atoms with Crippen molar-refractivity contribution in [1.29, 1.82) is 0 Å². The standard InChI is InChI=1S/C22H23N3OS/c26-21(14-20-16-27-22(24-20)19-7-4-10-23-15-19)25-11-8-18(9-12-25)13-17-5-2-1-3-6-17/h1-7,10,15-16,18H,8-9,11-14H2. The molecule has 1 aliphatic rings. The lowest BCUT2D eigenvalue weighted by molar-refractivity contribution is -0.131. The molecule has 0 bridgehead atoms. The van der Waals surface area contributed by atoms with Gasteiger partial charge < -0.3 is 4.90 Å². The largest absolute Gasteiger partial charge is 0.342 e. The lowest BCUT2D eigenvalue weighted by Crippen LogP contribution is -2.39. The van der Waals surface area contributed by atoms with E-state index in [1.165, 1.54) is 5.56 Å². The number of pyridine rings is 1. The van der Waals surface area contributed by atoms with Crippen molar-refractivity contribution in [3.05, 3.63) is 71.5 Å². The minimum absolute atomic E-state index is 0.191. The molecule has 3 aromatic rings. The van der Waals surface area contributed by atoms with Gasteiger partial charge in [0.1, 0.15) is 5.01 Å². The van der Waals surface area contributed by atoms with Crippen LogP contribution in [0.2, 0.25) is 0 Å². The Kier molecular flexibility index (Phi) is 5.58. The van der Waals surface area contributed by atoms with Gasteiger partial charge in [-0.3, -0.25) is 9.78 Å². The fourth-order valence-electron chi connectivity index (χ4n) is 3.61. The zero-order valence-corrected chi connectivity index (χ0v) is 16.1. The summed E-state index contributed by atoms with van der Waals surface area (Å²) in [6, 6.07) is 14.5. The molecule has 0 spiro atoms. The second kappa shape index (κ2) is 8.44. The van der Waals surface area contributed by atoms with Crippen LogP contribution in [0.3, 0.4) is 0 Å². The summed E-state index contributed by atoms with van der Waals surface area (Å²) in [5, 5.41) is 2.91. The van der Waals surface area contributed by atoms with E-state index < -0.39 is 0 Å². The number of amides is 1. The molecule has 1 saturated heterocycles. The summed E-state index contributed by atoms with van der Waals surface area (Å²) >= 11 is 1.57. The summed E-state index contributed by atoms with van der Waals surface area (Å²) in [6.45, 7) is 1.71. The third kappa shape index (κ3) is 4.61. The second-order valence-electron chi connectivity index (χ2n) is 7.08. The Labute approximate surface area is 163 Å². The number of nitrogens with zero attached hydrogens (tertiary/aromatic N) is 3. The summed E-state index contributed by atoms with van der Waals surface area (Å²) < 4.78 is 0. The minimum atomic E-state index is 0.191. The number of aromatic nitrogens is 2. The SMILES string of the molecule is O=C(Cc1csc(-c2cccnc2)n1)N1CCC(Cc2ccccc2)CC1. The number of carbonyl (C=O) groups is 1. The predicted molar refractivity (Wildman–Crippen MR) is 108 cm³/mol. The number of carbonyl (C=O) groups excluding carboxylic acids is 1. The van der Waals surface area contributed by atoms with Gasteiger partial charge >= 0.3 is 0 Å². The molecule has 0 atom stereocenters. The fourth-order valence-corrected chi connectivity index (χ4v) is 4.42. The molecule has 2 aromatic heterocycles. The monoisotopic (exact) mass is 377 g/mol. The molecule has 1 aliphatic heterocycles. The van der Waals surface area contributed by atoms with Crippen molar-refractivity contribution in [3.8, 4) is 10.6 Å². The van der Waals surface area contributed by atoms with Gasteiger partial charge in [-0.15, -0.1) is 11.3 Å². The van der Waals surface area contributed by atoms with E-state index in [0.29, 0.717) is 12.3 Å². The molecule has 0 N–H and O–H groups in total. The fraction of sp³-hybridized carbons (Fsp3) is 0.318. The normalized spacial score (nSPS) is 15.0. The molecule has 0 aliphatic carbocycles. The van der Waals surface area contributed by atoms with E-state index in [1.54, 1.807) is 17.5 Å². The van der Waals surface area contributed by atoms with Gasteiger partial charge in [-0.25, -0.2) is 4.98 Å². The Morgan fingerprint density at radius 1 is 1.11 bits per heavy atom. The number of likely N-dealkylation sites (tertiary alicyclic amines) is 1. The lowest BCUT2D eigenvalue weighted by atomic mass is 9.90. The van der Waals surface area contributed by atoms with Crippen molar-refractivity contribution in [2.24, 2.45) is 5.92 Å². The molecule has 0 radical (unpaired) electrons. The summed E-state index contributed by atoms with van der Waals surface area (Å²) in [7, 11) is 0. The molecule has 0 unspecified atom stereocenters. The number of thiazole rings is 1. The first-order chi connectivity index (χ1) is 13.3. The summed E-state index contributed by atoms with van der Waals surface area (Å²) in [4.78, 5) is 23.4. The van der Waals surface area contributed by atoms with Gasteiger partial charge in [0, 0.05) is 36.4 Å². The smallest absolute Gasteiger partial charge is 0.228 e. The van der Waals surface area contributed by atoms with Crippen LogP contribution in [0, 0.1) is 5.92 Å². The first kappa shape index (κ1) is 17.9. The quantitative estimate of drug-likeness (QED) is 0.668. The maximum absolute atomic E-state index is 12.7. The number of piperidine rings is 1. The highest BCUT2D eigenvalue weighted by atomic mass is 32.1. The van der Waals surface area contributed by atoms with Crippen molar-refractivity contribution in [2.75, 3.05) is 13.1 Å². The Bertz CT molecular complexity index is 871. The van der Waals surface area contributed by atoms with E-state index in [-0.39, 0.29) is 5.91 Å². The van der Waals surface area contributed by atoms with Crippen molar-refractivity contribution in [1.82, 2.24) is 14.9 Å². The average Bonchev–Trinajstić information content (AvgIpc) is 3.18. The highest BCUT2D eigenvalue weighted by Crippen LogP contribution is 2.25. The van der Waals surface area contributed by atoms with E-state index >= 15 is 0 Å². The Balaban J connectivity index is 1.29. The van der Waals surface area contributed by atoms with Crippen LogP contribution in [0.25, 0.3) is 10.6 Å². The Hall–Kier alpha value is -2.53. The van der Waals surface area contributed by atoms with Crippen LogP contribution in [-0.4, -0.2) is 33.9 Å². The Morgan fingerprint density at radius 2 is 1.93 bits per heavy atom. The van der Waals surface area contributed by atoms with Gasteiger partial charge in [0.25, 0.3) is 0 Å². The summed E-state index contributed by atoms with van der Waals surface area (Å²) in [6.07, 6.45) is 7.23.